The van der Waals surface area contributed by atoms with E-state index < -0.39 is 23.8 Å². The second kappa shape index (κ2) is 11.2. The minimum absolute atomic E-state index is 0.0271. The molecule has 25 heavy (non-hydrogen) atoms. The molecule has 1 N–H and O–H groups in total. The number of likely N-dealkylation sites (N-methyl/N-ethyl adjacent to an activating group) is 1. The predicted molar refractivity (Wildman–Crippen MR) is 91.4 cm³/mol. The van der Waals surface area contributed by atoms with Gasteiger partial charge in [0, 0.05) is 25.2 Å². The number of hydrogen-bond donors (Lipinski definition) is 1. The molecule has 146 valence electrons. The van der Waals surface area contributed by atoms with Crippen LogP contribution in [0.4, 0.5) is 0 Å². The third-order valence-corrected chi connectivity index (χ3v) is 3.78. The second-order valence-electron chi connectivity index (χ2n) is 7.52. The van der Waals surface area contributed by atoms with Crippen molar-refractivity contribution in [1.82, 2.24) is 0 Å². The van der Waals surface area contributed by atoms with Crippen LogP contribution in [0.25, 0.3) is 0 Å². The van der Waals surface area contributed by atoms with Crippen LogP contribution in [0.15, 0.2) is 0 Å². The largest absolute Gasteiger partial charge is 0.550 e. The minimum Gasteiger partial charge on any atom is -0.550 e. The smallest absolute Gasteiger partial charge is 0.305 e. The molecular weight excluding hydrogens is 326 g/mol. The molecule has 1 unspecified atom stereocenters. The molecule has 0 rings (SSSR count). The van der Waals surface area contributed by atoms with Gasteiger partial charge in [-0.15, -0.1) is 0 Å². The zero-order chi connectivity index (χ0) is 19.5. The van der Waals surface area contributed by atoms with Gasteiger partial charge < -0.3 is 24.2 Å². The highest BCUT2D eigenvalue weighted by molar-refractivity contribution is 5.90. The van der Waals surface area contributed by atoms with Crippen LogP contribution < -0.4 is 5.11 Å². The zero-order valence-electron chi connectivity index (χ0n) is 16.0. The van der Waals surface area contributed by atoms with Gasteiger partial charge >= 0.3 is 5.97 Å². The SMILES string of the molecule is CCOC(=O)CCCCCCCC(=O)C(O)(CC(=O)[O-])C[N+](C)(C)C. The molecule has 0 aromatic heterocycles. The summed E-state index contributed by atoms with van der Waals surface area (Å²) in [6, 6.07) is 0. The van der Waals surface area contributed by atoms with Crippen LogP contribution in [0.3, 0.4) is 0 Å². The highest BCUT2D eigenvalue weighted by Gasteiger charge is 2.40. The first-order valence-corrected chi connectivity index (χ1v) is 8.92. The first-order valence-electron chi connectivity index (χ1n) is 8.92. The van der Waals surface area contributed by atoms with Gasteiger partial charge in [0.05, 0.1) is 27.7 Å². The number of carboxylic acids is 1. The van der Waals surface area contributed by atoms with Crippen molar-refractivity contribution in [1.29, 1.82) is 0 Å². The van der Waals surface area contributed by atoms with Gasteiger partial charge in [-0.05, 0) is 19.8 Å². The van der Waals surface area contributed by atoms with Crippen LogP contribution in [0.1, 0.15) is 58.3 Å². The molecule has 0 saturated heterocycles. The number of hydrogen-bond acceptors (Lipinski definition) is 6. The molecule has 0 amide bonds. The normalized spacial score (nSPS) is 14.0. The number of carbonyl (C=O) groups is 3. The Bertz CT molecular complexity index is 443. The van der Waals surface area contributed by atoms with Gasteiger partial charge in [0.25, 0.3) is 0 Å². The third-order valence-electron chi connectivity index (χ3n) is 3.78. The number of ketones is 1. The molecule has 0 heterocycles. The Hall–Kier alpha value is -1.47. The summed E-state index contributed by atoms with van der Waals surface area (Å²) in [5, 5.41) is 21.4. The predicted octanol–water partition coefficient (Wildman–Crippen LogP) is 0.427. The first-order chi connectivity index (χ1) is 11.5. The Morgan fingerprint density at radius 2 is 1.52 bits per heavy atom. The summed E-state index contributed by atoms with van der Waals surface area (Å²) >= 11 is 0. The van der Waals surface area contributed by atoms with Crippen molar-refractivity contribution in [3.63, 3.8) is 0 Å². The van der Waals surface area contributed by atoms with Crippen LogP contribution in [0, 0.1) is 0 Å². The van der Waals surface area contributed by atoms with Gasteiger partial charge in [0.1, 0.15) is 6.54 Å². The maximum absolute atomic E-state index is 12.3. The molecule has 0 saturated carbocycles. The summed E-state index contributed by atoms with van der Waals surface area (Å²) in [5.74, 6) is -2.06. The number of aliphatic carboxylic acids is 1. The van der Waals surface area contributed by atoms with E-state index in [0.717, 1.165) is 25.7 Å². The summed E-state index contributed by atoms with van der Waals surface area (Å²) in [6.07, 6.45) is 3.74. The fourth-order valence-electron chi connectivity index (χ4n) is 2.82. The summed E-state index contributed by atoms with van der Waals surface area (Å²) in [7, 11) is 5.37. The average Bonchev–Trinajstić information content (AvgIpc) is 2.43. The molecular formula is C18H33NO6. The fourth-order valence-corrected chi connectivity index (χ4v) is 2.82. The van der Waals surface area contributed by atoms with E-state index >= 15 is 0 Å². The lowest BCUT2D eigenvalue weighted by molar-refractivity contribution is -0.875. The Kier molecular flexibility index (Phi) is 10.5. The van der Waals surface area contributed by atoms with Crippen LogP contribution in [-0.4, -0.2) is 67.2 Å². The van der Waals surface area contributed by atoms with E-state index in [-0.39, 0.29) is 23.4 Å². The average molecular weight is 359 g/mol. The van der Waals surface area contributed by atoms with Crippen molar-refractivity contribution in [3.05, 3.63) is 0 Å². The van der Waals surface area contributed by atoms with Gasteiger partial charge in [0.2, 0.25) is 0 Å². The van der Waals surface area contributed by atoms with Crippen molar-refractivity contribution >= 4 is 17.7 Å². The summed E-state index contributed by atoms with van der Waals surface area (Å²) < 4.78 is 5.13. The Morgan fingerprint density at radius 1 is 1.00 bits per heavy atom. The Balaban J connectivity index is 4.18. The van der Waals surface area contributed by atoms with Crippen LogP contribution >= 0.6 is 0 Å². The van der Waals surface area contributed by atoms with Crippen molar-refractivity contribution in [2.45, 2.75) is 63.9 Å². The zero-order valence-corrected chi connectivity index (χ0v) is 16.0. The monoisotopic (exact) mass is 359 g/mol. The molecule has 7 nitrogen and oxygen atoms in total. The molecule has 0 spiro atoms. The van der Waals surface area contributed by atoms with Gasteiger partial charge in [0.15, 0.2) is 11.4 Å². The van der Waals surface area contributed by atoms with Crippen LogP contribution in [0.2, 0.25) is 0 Å². The maximum atomic E-state index is 12.3. The molecule has 1 atom stereocenters. The van der Waals surface area contributed by atoms with Crippen LogP contribution in [-0.2, 0) is 19.1 Å². The van der Waals surface area contributed by atoms with E-state index in [4.69, 9.17) is 4.74 Å². The number of rotatable bonds is 14. The third kappa shape index (κ3) is 11.7. The summed E-state index contributed by atoms with van der Waals surface area (Å²) in [6.45, 7) is 2.19. The molecule has 0 aromatic rings. The van der Waals surface area contributed by atoms with Gasteiger partial charge in [-0.25, -0.2) is 0 Å². The Morgan fingerprint density at radius 3 is 2.00 bits per heavy atom. The molecule has 0 radical (unpaired) electrons. The molecule has 0 bridgehead atoms. The second-order valence-corrected chi connectivity index (χ2v) is 7.52. The molecule has 0 aliphatic carbocycles. The quantitative estimate of drug-likeness (QED) is 0.274. The molecule has 0 aliphatic heterocycles. The van der Waals surface area contributed by atoms with Crippen molar-refractivity contribution in [3.8, 4) is 0 Å². The minimum atomic E-state index is -1.89. The maximum Gasteiger partial charge on any atom is 0.305 e. The molecule has 7 heteroatoms. The number of esters is 1. The van der Waals surface area contributed by atoms with E-state index in [1.54, 1.807) is 28.1 Å². The highest BCUT2D eigenvalue weighted by atomic mass is 16.5. The van der Waals surface area contributed by atoms with Crippen molar-refractivity contribution in [2.75, 3.05) is 34.3 Å². The van der Waals surface area contributed by atoms with Crippen molar-refractivity contribution < 1.29 is 33.8 Å². The van der Waals surface area contributed by atoms with E-state index in [1.165, 1.54) is 0 Å². The fraction of sp³-hybridized carbons (Fsp3) is 0.833. The number of aliphatic hydroxyl groups is 1. The van der Waals surface area contributed by atoms with E-state index in [0.29, 0.717) is 19.4 Å². The highest BCUT2D eigenvalue weighted by Crippen LogP contribution is 2.19. The number of quaternary nitrogens is 1. The number of ether oxygens (including phenoxy) is 1. The van der Waals surface area contributed by atoms with Crippen LogP contribution in [0.5, 0.6) is 0 Å². The van der Waals surface area contributed by atoms with Gasteiger partial charge in [-0.1, -0.05) is 19.3 Å². The number of Topliss-reactive ketones (excluding diaryl/α,β-unsaturated/α-hetero) is 1. The summed E-state index contributed by atoms with van der Waals surface area (Å²) in [4.78, 5) is 34.4. The number of nitrogens with zero attached hydrogens (tertiary/aromatic N) is 1. The van der Waals surface area contributed by atoms with Gasteiger partial charge in [-0.2, -0.15) is 0 Å². The standard InChI is InChI=1S/C18H33NO6/c1-5-25-17(23)12-10-8-6-7-9-11-15(20)18(24,13-16(21)22)14-19(2,3)4/h24H,5-14H2,1-4H3. The Labute approximate surface area is 150 Å². The van der Waals surface area contributed by atoms with Gasteiger partial charge in [-0.3, -0.25) is 9.59 Å². The lowest BCUT2D eigenvalue weighted by atomic mass is 9.89. The van der Waals surface area contributed by atoms with E-state index in [2.05, 4.69) is 0 Å². The lowest BCUT2D eigenvalue weighted by Gasteiger charge is -2.34. The van der Waals surface area contributed by atoms with E-state index in [1.807, 2.05) is 0 Å². The first kappa shape index (κ1) is 23.5. The number of carboxylic acid groups (broad SMARTS) is 1. The molecule has 0 aliphatic rings. The lowest BCUT2D eigenvalue weighted by Crippen LogP contribution is -2.56. The summed E-state index contributed by atoms with van der Waals surface area (Å²) in [5.41, 5.74) is -1.89. The molecule has 0 aromatic carbocycles. The van der Waals surface area contributed by atoms with E-state index in [9.17, 15) is 24.6 Å². The van der Waals surface area contributed by atoms with Crippen molar-refractivity contribution in [2.24, 2.45) is 0 Å². The topological polar surface area (TPSA) is 104 Å². The number of carbonyl (C=O) groups excluding carboxylic acids is 3. The molecule has 0 fully saturated rings. The number of unbranched alkanes of at least 4 members (excludes halogenated alkanes) is 4.